The van der Waals surface area contributed by atoms with Crippen molar-refractivity contribution in [3.05, 3.63) is 54.0 Å². The molecule has 0 unspecified atom stereocenters. The van der Waals surface area contributed by atoms with Crippen LogP contribution in [0.2, 0.25) is 0 Å². The third-order valence-corrected chi connectivity index (χ3v) is 3.82. The molecule has 2 N–H and O–H groups in total. The Balaban J connectivity index is 1.91. The van der Waals surface area contributed by atoms with Gasteiger partial charge >= 0.3 is 5.97 Å². The van der Waals surface area contributed by atoms with E-state index in [9.17, 15) is 14.7 Å². The molecule has 0 bridgehead atoms. The fourth-order valence-corrected chi connectivity index (χ4v) is 2.67. The van der Waals surface area contributed by atoms with Crippen LogP contribution >= 0.6 is 0 Å². The van der Waals surface area contributed by atoms with Crippen molar-refractivity contribution in [3.8, 4) is 5.75 Å². The SMILES string of the molecule is O=C(O)CCC(=O)N1N=C(c2ccco2)C[C@@H]1c1ccccc1O. The highest BCUT2D eigenvalue weighted by atomic mass is 16.4. The molecule has 0 spiro atoms. The summed E-state index contributed by atoms with van der Waals surface area (Å²) in [6.07, 6.45) is 1.47. The summed E-state index contributed by atoms with van der Waals surface area (Å²) in [5, 5.41) is 24.4. The van der Waals surface area contributed by atoms with E-state index >= 15 is 0 Å². The first-order valence-electron chi connectivity index (χ1n) is 7.49. The number of benzene rings is 1. The van der Waals surface area contributed by atoms with Crippen molar-refractivity contribution in [3.63, 3.8) is 0 Å². The molecule has 0 fully saturated rings. The third-order valence-electron chi connectivity index (χ3n) is 3.82. The lowest BCUT2D eigenvalue weighted by atomic mass is 9.99. The summed E-state index contributed by atoms with van der Waals surface area (Å²) in [6.45, 7) is 0. The molecule has 0 aliphatic carbocycles. The Bertz CT molecular complexity index is 782. The van der Waals surface area contributed by atoms with Crippen LogP contribution in [0.1, 0.15) is 36.6 Å². The Kier molecular flexibility index (Phi) is 4.33. The van der Waals surface area contributed by atoms with Crippen LogP contribution in [0.5, 0.6) is 5.75 Å². The van der Waals surface area contributed by atoms with Gasteiger partial charge in [0.1, 0.15) is 17.2 Å². The van der Waals surface area contributed by atoms with Crippen molar-refractivity contribution in [1.82, 2.24) is 5.01 Å². The summed E-state index contributed by atoms with van der Waals surface area (Å²) in [6, 6.07) is 9.69. The van der Waals surface area contributed by atoms with Crippen LogP contribution in [0.4, 0.5) is 0 Å². The molecule has 7 nitrogen and oxygen atoms in total. The van der Waals surface area contributed by atoms with E-state index in [1.165, 1.54) is 11.3 Å². The zero-order chi connectivity index (χ0) is 17.1. The van der Waals surface area contributed by atoms with E-state index in [0.29, 0.717) is 23.5 Å². The number of furan rings is 1. The molecule has 1 aromatic carbocycles. The molecule has 1 aromatic heterocycles. The summed E-state index contributed by atoms with van der Waals surface area (Å²) in [5.74, 6) is -0.845. The number of carbonyl (C=O) groups excluding carboxylic acids is 1. The standard InChI is InChI=1S/C17H16N2O5/c20-14-5-2-1-4-11(14)13-10-12(15-6-3-9-24-15)18-19(13)16(21)7-8-17(22)23/h1-6,9,13,20H,7-8,10H2,(H,22,23)/t13-/m1/s1. The van der Waals surface area contributed by atoms with Crippen LogP contribution < -0.4 is 0 Å². The zero-order valence-corrected chi connectivity index (χ0v) is 12.8. The van der Waals surface area contributed by atoms with E-state index < -0.39 is 17.9 Å². The maximum atomic E-state index is 12.4. The quantitative estimate of drug-likeness (QED) is 0.878. The van der Waals surface area contributed by atoms with Crippen molar-refractivity contribution in [1.29, 1.82) is 0 Å². The molecule has 2 heterocycles. The first-order chi connectivity index (χ1) is 11.6. The summed E-state index contributed by atoms with van der Waals surface area (Å²) in [7, 11) is 0. The van der Waals surface area contributed by atoms with E-state index in [0.717, 1.165) is 0 Å². The Hall–Kier alpha value is -3.09. The number of aliphatic carboxylic acids is 1. The molecular weight excluding hydrogens is 312 g/mol. The number of carbonyl (C=O) groups is 2. The number of nitrogens with zero attached hydrogens (tertiary/aromatic N) is 2. The molecule has 0 saturated heterocycles. The highest BCUT2D eigenvalue weighted by molar-refractivity contribution is 6.01. The summed E-state index contributed by atoms with van der Waals surface area (Å²) >= 11 is 0. The number of phenols is 1. The number of carboxylic acid groups (broad SMARTS) is 1. The van der Waals surface area contributed by atoms with E-state index in [2.05, 4.69) is 5.10 Å². The summed E-state index contributed by atoms with van der Waals surface area (Å²) in [4.78, 5) is 23.1. The summed E-state index contributed by atoms with van der Waals surface area (Å²) < 4.78 is 5.33. The van der Waals surface area contributed by atoms with Crippen LogP contribution in [0.3, 0.4) is 0 Å². The number of phenolic OH excluding ortho intramolecular Hbond substituents is 1. The molecular formula is C17H16N2O5. The van der Waals surface area contributed by atoms with Crippen LogP contribution in [0.15, 0.2) is 52.2 Å². The third kappa shape index (κ3) is 3.15. The van der Waals surface area contributed by atoms with Gasteiger partial charge in [0.2, 0.25) is 5.91 Å². The lowest BCUT2D eigenvalue weighted by Crippen LogP contribution is -2.27. The van der Waals surface area contributed by atoms with Gasteiger partial charge in [0.25, 0.3) is 0 Å². The first-order valence-corrected chi connectivity index (χ1v) is 7.49. The monoisotopic (exact) mass is 328 g/mol. The maximum absolute atomic E-state index is 12.4. The number of para-hydroxylation sites is 1. The lowest BCUT2D eigenvalue weighted by molar-refractivity contribution is -0.141. The van der Waals surface area contributed by atoms with Crippen LogP contribution in [0.25, 0.3) is 0 Å². The van der Waals surface area contributed by atoms with E-state index in [1.54, 1.807) is 36.4 Å². The summed E-state index contributed by atoms with van der Waals surface area (Å²) in [5.41, 5.74) is 1.14. The molecule has 1 aliphatic heterocycles. The highest BCUT2D eigenvalue weighted by Gasteiger charge is 2.35. The number of hydrazone groups is 1. The maximum Gasteiger partial charge on any atom is 0.303 e. The Morgan fingerprint density at radius 3 is 2.67 bits per heavy atom. The van der Waals surface area contributed by atoms with Crippen molar-refractivity contribution in [2.75, 3.05) is 0 Å². The number of hydrogen-bond donors (Lipinski definition) is 2. The Labute approximate surface area is 137 Å². The second-order valence-electron chi connectivity index (χ2n) is 5.43. The Morgan fingerprint density at radius 1 is 1.21 bits per heavy atom. The minimum absolute atomic E-state index is 0.0643. The number of rotatable bonds is 5. The van der Waals surface area contributed by atoms with Gasteiger partial charge < -0.3 is 14.6 Å². The van der Waals surface area contributed by atoms with E-state index in [-0.39, 0.29) is 18.6 Å². The van der Waals surface area contributed by atoms with Crippen LogP contribution in [-0.4, -0.2) is 32.8 Å². The van der Waals surface area contributed by atoms with Gasteiger partial charge in [0.15, 0.2) is 0 Å². The largest absolute Gasteiger partial charge is 0.508 e. The molecule has 1 aliphatic rings. The Morgan fingerprint density at radius 2 is 2.00 bits per heavy atom. The van der Waals surface area contributed by atoms with Gasteiger partial charge in [-0.3, -0.25) is 9.59 Å². The second-order valence-corrected chi connectivity index (χ2v) is 5.43. The fraction of sp³-hybridized carbons (Fsp3) is 0.235. The van der Waals surface area contributed by atoms with Gasteiger partial charge in [-0.2, -0.15) is 5.10 Å². The minimum atomic E-state index is -1.04. The molecule has 0 saturated carbocycles. The number of amides is 1. The first kappa shape index (κ1) is 15.8. The number of aromatic hydroxyl groups is 1. The molecule has 0 radical (unpaired) electrons. The number of hydrogen-bond acceptors (Lipinski definition) is 5. The molecule has 7 heteroatoms. The predicted molar refractivity (Wildman–Crippen MR) is 84.4 cm³/mol. The van der Waals surface area contributed by atoms with Gasteiger partial charge in [-0.15, -0.1) is 0 Å². The zero-order valence-electron chi connectivity index (χ0n) is 12.8. The average Bonchev–Trinajstić information content (AvgIpc) is 3.22. The lowest BCUT2D eigenvalue weighted by Gasteiger charge is -2.22. The van der Waals surface area contributed by atoms with Gasteiger partial charge in [-0.05, 0) is 18.2 Å². The van der Waals surface area contributed by atoms with E-state index in [4.69, 9.17) is 9.52 Å². The fourth-order valence-electron chi connectivity index (χ4n) is 2.67. The molecule has 1 atom stereocenters. The van der Waals surface area contributed by atoms with Crippen LogP contribution in [-0.2, 0) is 9.59 Å². The minimum Gasteiger partial charge on any atom is -0.508 e. The highest BCUT2D eigenvalue weighted by Crippen LogP contribution is 2.37. The van der Waals surface area contributed by atoms with Gasteiger partial charge in [-0.25, -0.2) is 5.01 Å². The molecule has 24 heavy (non-hydrogen) atoms. The molecule has 3 rings (SSSR count). The van der Waals surface area contributed by atoms with E-state index in [1.807, 2.05) is 0 Å². The van der Waals surface area contributed by atoms with Gasteiger partial charge in [0, 0.05) is 18.4 Å². The molecule has 1 amide bonds. The predicted octanol–water partition coefficient (Wildman–Crippen LogP) is 2.53. The molecule has 2 aromatic rings. The number of carboxylic acids is 1. The van der Waals surface area contributed by atoms with Crippen molar-refractivity contribution in [2.24, 2.45) is 5.10 Å². The van der Waals surface area contributed by atoms with Crippen molar-refractivity contribution in [2.45, 2.75) is 25.3 Å². The smallest absolute Gasteiger partial charge is 0.303 e. The topological polar surface area (TPSA) is 103 Å². The average molecular weight is 328 g/mol. The molecule has 124 valence electrons. The van der Waals surface area contributed by atoms with Gasteiger partial charge in [0.05, 0.1) is 18.7 Å². The van der Waals surface area contributed by atoms with Crippen LogP contribution in [0, 0.1) is 0 Å². The van der Waals surface area contributed by atoms with Gasteiger partial charge in [-0.1, -0.05) is 18.2 Å². The second kappa shape index (κ2) is 6.57. The normalized spacial score (nSPS) is 16.9. The van der Waals surface area contributed by atoms with Crippen molar-refractivity contribution < 1.29 is 24.2 Å². The van der Waals surface area contributed by atoms with Crippen molar-refractivity contribution >= 4 is 17.6 Å².